The Morgan fingerprint density at radius 1 is 1.50 bits per heavy atom. The van der Waals surface area contributed by atoms with Crippen molar-refractivity contribution in [3.8, 4) is 11.8 Å². The Balaban J connectivity index is 2.07. The van der Waals surface area contributed by atoms with Gasteiger partial charge in [0.15, 0.2) is 0 Å². The van der Waals surface area contributed by atoms with Gasteiger partial charge in [-0.05, 0) is 18.1 Å². The second-order valence-corrected chi connectivity index (χ2v) is 5.17. The lowest BCUT2D eigenvalue weighted by atomic mass is 10.1. The van der Waals surface area contributed by atoms with Gasteiger partial charge in [-0.3, -0.25) is 4.79 Å². The second kappa shape index (κ2) is 6.53. The highest BCUT2D eigenvalue weighted by Crippen LogP contribution is 2.21. The van der Waals surface area contributed by atoms with Gasteiger partial charge in [-0.1, -0.05) is 24.8 Å². The van der Waals surface area contributed by atoms with E-state index < -0.39 is 0 Å². The summed E-state index contributed by atoms with van der Waals surface area (Å²) >= 11 is 0. The topological polar surface area (TPSA) is 40.5 Å². The molecule has 1 fully saturated rings. The number of nitrogens with zero attached hydrogens (tertiary/aromatic N) is 1. The average Bonchev–Trinajstić information content (AvgIpc) is 2.71. The van der Waals surface area contributed by atoms with Crippen molar-refractivity contribution in [2.24, 2.45) is 5.92 Å². The van der Waals surface area contributed by atoms with Crippen molar-refractivity contribution >= 4 is 5.91 Å². The van der Waals surface area contributed by atoms with Gasteiger partial charge < -0.3 is 10.0 Å². The predicted octanol–water partition coefficient (Wildman–Crippen LogP) is 1.93. The monoisotopic (exact) mass is 275 g/mol. The van der Waals surface area contributed by atoms with Gasteiger partial charge in [-0.15, -0.1) is 0 Å². The highest BCUT2D eigenvalue weighted by Gasteiger charge is 2.26. The van der Waals surface area contributed by atoms with Gasteiger partial charge in [0.05, 0.1) is 6.61 Å². The standard InChI is InChI=1S/C16H18FNO2/c1-12-8-16(20)18(10-12)11-14-6-5-13(9-15(14)17)4-2-3-7-19/h5-6,9,12,19H,3,7-8,10-11H2,1H3. The van der Waals surface area contributed by atoms with Crippen molar-refractivity contribution in [2.75, 3.05) is 13.2 Å². The maximum atomic E-state index is 14.0. The van der Waals surface area contributed by atoms with Crippen LogP contribution in [-0.2, 0) is 11.3 Å². The molecule has 0 aliphatic carbocycles. The summed E-state index contributed by atoms with van der Waals surface area (Å²) in [5.74, 6) is 5.63. The third-order valence-electron chi connectivity index (χ3n) is 3.29. The molecule has 1 aliphatic heterocycles. The van der Waals surface area contributed by atoms with Gasteiger partial charge in [-0.2, -0.15) is 0 Å². The first-order valence-electron chi connectivity index (χ1n) is 6.76. The van der Waals surface area contributed by atoms with E-state index in [-0.39, 0.29) is 18.3 Å². The van der Waals surface area contributed by atoms with Gasteiger partial charge in [0, 0.05) is 37.1 Å². The molecule has 2 rings (SSSR count). The number of hydrogen-bond donors (Lipinski definition) is 1. The molecule has 1 aromatic carbocycles. The van der Waals surface area contributed by atoms with E-state index >= 15 is 0 Å². The first kappa shape index (κ1) is 14.5. The number of likely N-dealkylation sites (tertiary alicyclic amines) is 1. The van der Waals surface area contributed by atoms with E-state index in [2.05, 4.69) is 11.8 Å². The van der Waals surface area contributed by atoms with Crippen LogP contribution in [0.25, 0.3) is 0 Å². The minimum absolute atomic E-state index is 0.00280. The van der Waals surface area contributed by atoms with Crippen LogP contribution >= 0.6 is 0 Å². The largest absolute Gasteiger partial charge is 0.395 e. The molecule has 3 nitrogen and oxygen atoms in total. The van der Waals surface area contributed by atoms with Crippen LogP contribution in [0.3, 0.4) is 0 Å². The molecule has 0 aromatic heterocycles. The first-order valence-corrected chi connectivity index (χ1v) is 6.76. The van der Waals surface area contributed by atoms with Gasteiger partial charge >= 0.3 is 0 Å². The lowest BCUT2D eigenvalue weighted by Gasteiger charge is -2.16. The molecule has 1 aromatic rings. The lowest BCUT2D eigenvalue weighted by Crippen LogP contribution is -2.24. The quantitative estimate of drug-likeness (QED) is 0.856. The Labute approximate surface area is 118 Å². The van der Waals surface area contributed by atoms with Crippen LogP contribution in [0.5, 0.6) is 0 Å². The highest BCUT2D eigenvalue weighted by molar-refractivity contribution is 5.78. The number of carbonyl (C=O) groups is 1. The Hall–Kier alpha value is -1.86. The van der Waals surface area contributed by atoms with Crippen molar-refractivity contribution in [1.82, 2.24) is 4.90 Å². The number of aliphatic hydroxyl groups excluding tert-OH is 1. The number of amides is 1. The fourth-order valence-electron chi connectivity index (χ4n) is 2.30. The molecule has 1 unspecified atom stereocenters. The summed E-state index contributed by atoms with van der Waals surface area (Å²) < 4.78 is 14.0. The van der Waals surface area contributed by atoms with Gasteiger partial charge in [0.2, 0.25) is 5.91 Å². The molecule has 0 bridgehead atoms. The van der Waals surface area contributed by atoms with Crippen LogP contribution in [0.2, 0.25) is 0 Å². The van der Waals surface area contributed by atoms with Crippen molar-refractivity contribution in [3.63, 3.8) is 0 Å². The van der Waals surface area contributed by atoms with E-state index in [9.17, 15) is 9.18 Å². The van der Waals surface area contributed by atoms with Crippen LogP contribution in [-0.4, -0.2) is 29.1 Å². The van der Waals surface area contributed by atoms with Crippen LogP contribution < -0.4 is 0 Å². The summed E-state index contributed by atoms with van der Waals surface area (Å²) in [6.07, 6.45) is 0.926. The highest BCUT2D eigenvalue weighted by atomic mass is 19.1. The number of carbonyl (C=O) groups excluding carboxylic acids is 1. The van der Waals surface area contributed by atoms with E-state index in [0.29, 0.717) is 43.0 Å². The summed E-state index contributed by atoms with van der Waals surface area (Å²) in [5.41, 5.74) is 1.10. The maximum absolute atomic E-state index is 14.0. The Bertz CT molecular complexity index is 559. The zero-order valence-electron chi connectivity index (χ0n) is 11.5. The minimum Gasteiger partial charge on any atom is -0.395 e. The summed E-state index contributed by atoms with van der Waals surface area (Å²) in [5, 5.41) is 8.63. The minimum atomic E-state index is -0.340. The van der Waals surface area contributed by atoms with Gasteiger partial charge in [0.1, 0.15) is 5.82 Å². The third kappa shape index (κ3) is 3.58. The molecule has 106 valence electrons. The number of benzene rings is 1. The molecule has 1 aliphatic rings. The normalized spacial score (nSPS) is 18.1. The number of rotatable bonds is 3. The van der Waals surface area contributed by atoms with Gasteiger partial charge in [-0.25, -0.2) is 4.39 Å². The molecular weight excluding hydrogens is 257 g/mol. The predicted molar refractivity (Wildman–Crippen MR) is 74.2 cm³/mol. The van der Waals surface area contributed by atoms with Crippen molar-refractivity contribution < 1.29 is 14.3 Å². The van der Waals surface area contributed by atoms with Crippen LogP contribution in [0.15, 0.2) is 18.2 Å². The molecule has 0 radical (unpaired) electrons. The average molecular weight is 275 g/mol. The van der Waals surface area contributed by atoms with Crippen LogP contribution in [0.1, 0.15) is 30.9 Å². The fraction of sp³-hybridized carbons (Fsp3) is 0.438. The molecule has 1 atom stereocenters. The summed E-state index contributed by atoms with van der Waals surface area (Å²) in [6, 6.07) is 4.80. The molecule has 1 N–H and O–H groups in total. The molecule has 1 amide bonds. The van der Waals surface area contributed by atoms with Crippen LogP contribution in [0.4, 0.5) is 4.39 Å². The van der Waals surface area contributed by atoms with Crippen molar-refractivity contribution in [2.45, 2.75) is 26.3 Å². The van der Waals surface area contributed by atoms with E-state index in [4.69, 9.17) is 5.11 Å². The van der Waals surface area contributed by atoms with Crippen LogP contribution in [0, 0.1) is 23.6 Å². The Morgan fingerprint density at radius 2 is 2.30 bits per heavy atom. The molecule has 20 heavy (non-hydrogen) atoms. The SMILES string of the molecule is CC1CC(=O)N(Cc2ccc(C#CCCO)cc2F)C1. The van der Waals surface area contributed by atoms with E-state index in [0.717, 1.165) is 0 Å². The zero-order valence-corrected chi connectivity index (χ0v) is 11.5. The van der Waals surface area contributed by atoms with Crippen molar-refractivity contribution in [3.05, 3.63) is 35.1 Å². The smallest absolute Gasteiger partial charge is 0.223 e. The molecular formula is C16H18FNO2. The van der Waals surface area contributed by atoms with E-state index in [1.165, 1.54) is 6.07 Å². The maximum Gasteiger partial charge on any atom is 0.223 e. The summed E-state index contributed by atoms with van der Waals surface area (Å²) in [4.78, 5) is 13.4. The summed E-state index contributed by atoms with van der Waals surface area (Å²) in [7, 11) is 0. The molecule has 0 saturated carbocycles. The molecule has 1 heterocycles. The Kier molecular flexibility index (Phi) is 4.75. The molecule has 4 heteroatoms. The third-order valence-corrected chi connectivity index (χ3v) is 3.29. The zero-order chi connectivity index (χ0) is 14.5. The molecule has 1 saturated heterocycles. The van der Waals surface area contributed by atoms with Gasteiger partial charge in [0.25, 0.3) is 0 Å². The summed E-state index contributed by atoms with van der Waals surface area (Å²) in [6.45, 7) is 3.03. The lowest BCUT2D eigenvalue weighted by molar-refractivity contribution is -0.128. The van der Waals surface area contributed by atoms with Crippen molar-refractivity contribution in [1.29, 1.82) is 0 Å². The number of halogens is 1. The van der Waals surface area contributed by atoms with E-state index in [1.54, 1.807) is 17.0 Å². The first-order chi connectivity index (χ1) is 9.60. The fourth-order valence-corrected chi connectivity index (χ4v) is 2.30. The number of hydrogen-bond acceptors (Lipinski definition) is 2. The molecule has 0 spiro atoms. The number of aliphatic hydroxyl groups is 1. The second-order valence-electron chi connectivity index (χ2n) is 5.17. The van der Waals surface area contributed by atoms with E-state index in [1.807, 2.05) is 6.92 Å². The Morgan fingerprint density at radius 3 is 2.90 bits per heavy atom.